The number of thiophene rings is 1. The maximum absolute atomic E-state index is 11.9. The van der Waals surface area contributed by atoms with Gasteiger partial charge in [0.1, 0.15) is 5.01 Å². The standard InChI is InChI=1S/C16H15N3OS2/c1-11-13(6-9-18-15(20)14-3-2-10-21-14)22-16(19-11)12-4-7-17-8-5-12/h2-5,7-8,10H,6,9H2,1H3,(H,18,20). The van der Waals surface area contributed by atoms with Gasteiger partial charge in [-0.15, -0.1) is 22.7 Å². The van der Waals surface area contributed by atoms with Crippen LogP contribution < -0.4 is 5.32 Å². The summed E-state index contributed by atoms with van der Waals surface area (Å²) >= 11 is 3.13. The van der Waals surface area contributed by atoms with Gasteiger partial charge in [0.25, 0.3) is 5.91 Å². The fourth-order valence-corrected chi connectivity index (χ4v) is 3.77. The summed E-state index contributed by atoms with van der Waals surface area (Å²) in [5, 5.41) is 5.86. The highest BCUT2D eigenvalue weighted by Crippen LogP contribution is 2.27. The van der Waals surface area contributed by atoms with E-state index in [0.717, 1.165) is 27.6 Å². The molecule has 0 saturated carbocycles. The largest absolute Gasteiger partial charge is 0.351 e. The van der Waals surface area contributed by atoms with E-state index in [1.54, 1.807) is 23.7 Å². The molecule has 3 aromatic rings. The van der Waals surface area contributed by atoms with Crippen molar-refractivity contribution in [3.63, 3.8) is 0 Å². The lowest BCUT2D eigenvalue weighted by Gasteiger charge is -2.02. The first-order chi connectivity index (χ1) is 10.7. The van der Waals surface area contributed by atoms with Crippen LogP contribution in [0.15, 0.2) is 42.0 Å². The summed E-state index contributed by atoms with van der Waals surface area (Å²) in [5.41, 5.74) is 2.11. The van der Waals surface area contributed by atoms with Crippen LogP contribution in [-0.4, -0.2) is 22.4 Å². The predicted molar refractivity (Wildman–Crippen MR) is 90.4 cm³/mol. The zero-order valence-electron chi connectivity index (χ0n) is 12.1. The Hall–Kier alpha value is -2.05. The Kier molecular flexibility index (Phi) is 4.60. The van der Waals surface area contributed by atoms with Gasteiger partial charge in [-0.1, -0.05) is 6.07 Å². The van der Waals surface area contributed by atoms with Gasteiger partial charge in [0.05, 0.1) is 10.6 Å². The van der Waals surface area contributed by atoms with Crippen molar-refractivity contribution < 1.29 is 4.79 Å². The molecule has 0 spiro atoms. The first-order valence-electron chi connectivity index (χ1n) is 6.92. The zero-order chi connectivity index (χ0) is 15.4. The number of nitrogens with one attached hydrogen (secondary N) is 1. The van der Waals surface area contributed by atoms with Crippen LogP contribution in [-0.2, 0) is 6.42 Å². The SMILES string of the molecule is Cc1nc(-c2ccncc2)sc1CCNC(=O)c1cccs1. The van der Waals surface area contributed by atoms with Gasteiger partial charge < -0.3 is 5.32 Å². The lowest BCUT2D eigenvalue weighted by atomic mass is 10.3. The molecule has 0 aliphatic carbocycles. The molecule has 0 aliphatic rings. The molecule has 22 heavy (non-hydrogen) atoms. The molecule has 0 atom stereocenters. The number of hydrogen-bond donors (Lipinski definition) is 1. The van der Waals surface area contributed by atoms with Gasteiger partial charge in [-0.05, 0) is 30.5 Å². The zero-order valence-corrected chi connectivity index (χ0v) is 13.7. The molecule has 3 aromatic heterocycles. The van der Waals surface area contributed by atoms with Gasteiger partial charge in [-0.2, -0.15) is 0 Å². The Labute approximate surface area is 136 Å². The van der Waals surface area contributed by atoms with E-state index in [1.165, 1.54) is 16.2 Å². The van der Waals surface area contributed by atoms with Crippen molar-refractivity contribution in [1.29, 1.82) is 0 Å². The predicted octanol–water partition coefficient (Wildman–Crippen LogP) is 3.55. The van der Waals surface area contributed by atoms with Crippen LogP contribution in [0.1, 0.15) is 20.2 Å². The van der Waals surface area contributed by atoms with E-state index in [2.05, 4.69) is 15.3 Å². The third kappa shape index (κ3) is 3.40. The van der Waals surface area contributed by atoms with Gasteiger partial charge >= 0.3 is 0 Å². The fourth-order valence-electron chi connectivity index (χ4n) is 2.06. The van der Waals surface area contributed by atoms with E-state index in [-0.39, 0.29) is 5.91 Å². The number of rotatable bonds is 5. The molecule has 0 bridgehead atoms. The van der Waals surface area contributed by atoms with E-state index in [1.807, 2.05) is 36.6 Å². The van der Waals surface area contributed by atoms with Crippen LogP contribution in [0.3, 0.4) is 0 Å². The van der Waals surface area contributed by atoms with E-state index in [9.17, 15) is 4.79 Å². The highest BCUT2D eigenvalue weighted by Gasteiger charge is 2.10. The van der Waals surface area contributed by atoms with Crippen molar-refractivity contribution >= 4 is 28.6 Å². The highest BCUT2D eigenvalue weighted by atomic mass is 32.1. The number of pyridine rings is 1. The second-order valence-corrected chi connectivity index (χ2v) is 6.78. The van der Waals surface area contributed by atoms with Crippen molar-refractivity contribution in [3.05, 3.63) is 57.5 Å². The quantitative estimate of drug-likeness (QED) is 0.779. The number of amides is 1. The number of thiazole rings is 1. The maximum Gasteiger partial charge on any atom is 0.261 e. The number of nitrogens with zero attached hydrogens (tertiary/aromatic N) is 2. The highest BCUT2D eigenvalue weighted by molar-refractivity contribution is 7.15. The molecule has 0 saturated heterocycles. The Morgan fingerprint density at radius 1 is 1.27 bits per heavy atom. The summed E-state index contributed by atoms with van der Waals surface area (Å²) < 4.78 is 0. The van der Waals surface area contributed by atoms with Crippen LogP contribution in [0.5, 0.6) is 0 Å². The lowest BCUT2D eigenvalue weighted by molar-refractivity contribution is 0.0958. The molecule has 6 heteroatoms. The summed E-state index contributed by atoms with van der Waals surface area (Å²) in [6.45, 7) is 2.63. The van der Waals surface area contributed by atoms with Gasteiger partial charge in [0.2, 0.25) is 0 Å². The summed E-state index contributed by atoms with van der Waals surface area (Å²) in [6, 6.07) is 7.63. The Balaban J connectivity index is 1.61. The molecule has 0 fully saturated rings. The average Bonchev–Trinajstić information content (AvgIpc) is 3.18. The third-order valence-corrected chi connectivity index (χ3v) is 5.34. The number of aromatic nitrogens is 2. The second-order valence-electron chi connectivity index (χ2n) is 4.75. The van der Waals surface area contributed by atoms with Crippen LogP contribution in [0.25, 0.3) is 10.6 Å². The number of carbonyl (C=O) groups excluding carboxylic acids is 1. The minimum Gasteiger partial charge on any atom is -0.351 e. The summed E-state index contributed by atoms with van der Waals surface area (Å²) in [5.74, 6) is -0.00785. The summed E-state index contributed by atoms with van der Waals surface area (Å²) in [6.07, 6.45) is 4.34. The maximum atomic E-state index is 11.9. The molecular weight excluding hydrogens is 314 g/mol. The normalized spacial score (nSPS) is 10.6. The number of carbonyl (C=O) groups is 1. The molecule has 3 heterocycles. The molecule has 0 radical (unpaired) electrons. The van der Waals surface area contributed by atoms with Crippen LogP contribution in [0.4, 0.5) is 0 Å². The Morgan fingerprint density at radius 2 is 2.09 bits per heavy atom. The van der Waals surface area contributed by atoms with Gasteiger partial charge in [0, 0.05) is 35.8 Å². The monoisotopic (exact) mass is 329 g/mol. The van der Waals surface area contributed by atoms with E-state index in [0.29, 0.717) is 6.54 Å². The third-order valence-electron chi connectivity index (χ3n) is 3.20. The second kappa shape index (κ2) is 6.81. The summed E-state index contributed by atoms with van der Waals surface area (Å²) in [4.78, 5) is 22.5. The van der Waals surface area contributed by atoms with Gasteiger partial charge in [-0.3, -0.25) is 9.78 Å². The van der Waals surface area contributed by atoms with Gasteiger partial charge in [0.15, 0.2) is 0 Å². The molecule has 1 amide bonds. The van der Waals surface area contributed by atoms with Crippen molar-refractivity contribution in [2.45, 2.75) is 13.3 Å². The van der Waals surface area contributed by atoms with Gasteiger partial charge in [-0.25, -0.2) is 4.98 Å². The molecule has 0 aliphatic heterocycles. The molecule has 112 valence electrons. The lowest BCUT2D eigenvalue weighted by Crippen LogP contribution is -2.24. The molecule has 0 unspecified atom stereocenters. The Bertz CT molecular complexity index is 751. The first-order valence-corrected chi connectivity index (χ1v) is 8.62. The minimum atomic E-state index is -0.00785. The van der Waals surface area contributed by atoms with E-state index >= 15 is 0 Å². The topological polar surface area (TPSA) is 54.9 Å². The molecule has 0 aromatic carbocycles. The molecule has 3 rings (SSSR count). The average molecular weight is 329 g/mol. The molecular formula is C16H15N3OS2. The van der Waals surface area contributed by atoms with Crippen LogP contribution in [0.2, 0.25) is 0 Å². The van der Waals surface area contributed by atoms with Crippen LogP contribution in [0, 0.1) is 6.92 Å². The number of aryl methyl sites for hydroxylation is 1. The minimum absolute atomic E-state index is 0.00785. The van der Waals surface area contributed by atoms with Crippen LogP contribution >= 0.6 is 22.7 Å². The summed E-state index contributed by atoms with van der Waals surface area (Å²) in [7, 11) is 0. The van der Waals surface area contributed by atoms with Crippen molar-refractivity contribution in [2.75, 3.05) is 6.54 Å². The molecule has 4 nitrogen and oxygen atoms in total. The van der Waals surface area contributed by atoms with Crippen molar-refractivity contribution in [3.8, 4) is 10.6 Å². The molecule has 1 N–H and O–H groups in total. The van der Waals surface area contributed by atoms with E-state index in [4.69, 9.17) is 0 Å². The van der Waals surface area contributed by atoms with Crippen molar-refractivity contribution in [1.82, 2.24) is 15.3 Å². The van der Waals surface area contributed by atoms with E-state index < -0.39 is 0 Å². The smallest absolute Gasteiger partial charge is 0.261 e. The fraction of sp³-hybridized carbons (Fsp3) is 0.188. The first kappa shape index (κ1) is 14.9. The number of hydrogen-bond acceptors (Lipinski definition) is 5. The Morgan fingerprint density at radius 3 is 2.82 bits per heavy atom. The van der Waals surface area contributed by atoms with Crippen molar-refractivity contribution in [2.24, 2.45) is 0 Å².